The molecule has 4 aromatic carbocycles. The minimum Gasteiger partial charge on any atom is -0.362 e. The number of unbranched alkanes of at least 4 members (excludes halogenated alkanes) is 3. The molecule has 0 atom stereocenters. The number of hydrogen-bond donors (Lipinski definition) is 3. The van der Waals surface area contributed by atoms with Crippen LogP contribution >= 0.6 is 0 Å². The second kappa shape index (κ2) is 17.5. The summed E-state index contributed by atoms with van der Waals surface area (Å²) in [5.41, 5.74) is 27.8. The molecule has 7 rings (SSSR count). The van der Waals surface area contributed by atoms with Gasteiger partial charge in [0.1, 0.15) is 0 Å². The molecule has 276 valence electrons. The van der Waals surface area contributed by atoms with Gasteiger partial charge in [-0.3, -0.25) is 13.6 Å². The van der Waals surface area contributed by atoms with Crippen molar-refractivity contribution in [1.82, 2.24) is 15.8 Å². The van der Waals surface area contributed by atoms with Crippen molar-refractivity contribution in [3.63, 3.8) is 0 Å². The maximum absolute atomic E-state index is 6.51. The molecule has 0 aliphatic heterocycles. The molecule has 0 bridgehead atoms. The van der Waals surface area contributed by atoms with Crippen molar-refractivity contribution in [3.05, 3.63) is 126 Å². The Hall–Kier alpha value is -6.30. The van der Waals surface area contributed by atoms with E-state index in [1.807, 2.05) is 50.4 Å². The largest absolute Gasteiger partial charge is 0.362 e. The molecule has 12 nitrogen and oxygen atoms in total. The highest BCUT2D eigenvalue weighted by atomic mass is 16.5. The quantitative estimate of drug-likeness (QED) is 0.0676. The fourth-order valence-corrected chi connectivity index (χ4v) is 6.99. The molecule has 3 aromatic heterocycles. The zero-order chi connectivity index (χ0) is 37.1. The highest BCUT2D eigenvalue weighted by molar-refractivity contribution is 5.82. The highest BCUT2D eigenvalue weighted by Gasteiger charge is 2.33. The number of nitrogens with zero attached hydrogens (tertiary/aromatic N) is 6. The third-order valence-electron chi connectivity index (χ3n) is 9.73. The first-order valence-corrected chi connectivity index (χ1v) is 18.8. The summed E-state index contributed by atoms with van der Waals surface area (Å²) < 4.78 is 22.3. The number of rotatable bonds is 18. The normalized spacial score (nSPS) is 11.3. The molecule has 0 saturated heterocycles. The van der Waals surface area contributed by atoms with Gasteiger partial charge < -0.3 is 17.2 Å². The number of anilines is 3. The number of nitrogens with two attached hydrogens (primary N) is 3. The predicted molar refractivity (Wildman–Crippen MR) is 205 cm³/mol. The number of hydrogen-bond acceptors (Lipinski definition) is 9. The predicted octanol–water partition coefficient (Wildman–Crippen LogP) is 6.33. The van der Waals surface area contributed by atoms with Gasteiger partial charge in [-0.25, -0.2) is 0 Å². The molecular formula is C42H48N9O3+3. The van der Waals surface area contributed by atoms with Gasteiger partial charge in [0.25, 0.3) is 0 Å². The van der Waals surface area contributed by atoms with Gasteiger partial charge in [-0.1, -0.05) is 91.0 Å². The Morgan fingerprint density at radius 3 is 0.944 bits per heavy atom. The second-order valence-corrected chi connectivity index (χ2v) is 13.7. The van der Waals surface area contributed by atoms with Crippen LogP contribution in [0.1, 0.15) is 55.2 Å². The Morgan fingerprint density at radius 1 is 0.389 bits per heavy atom. The first-order valence-electron chi connectivity index (χ1n) is 18.8. The van der Waals surface area contributed by atoms with Crippen LogP contribution in [0.15, 0.2) is 123 Å². The molecule has 0 fully saturated rings. The van der Waals surface area contributed by atoms with E-state index in [-0.39, 0.29) is 17.7 Å². The summed E-state index contributed by atoms with van der Waals surface area (Å²) in [7, 11) is 0. The molecule has 12 heteroatoms. The van der Waals surface area contributed by atoms with Gasteiger partial charge in [0.2, 0.25) is 15.8 Å². The van der Waals surface area contributed by atoms with E-state index in [9.17, 15) is 0 Å². The van der Waals surface area contributed by atoms with Gasteiger partial charge in [0, 0.05) is 19.3 Å². The summed E-state index contributed by atoms with van der Waals surface area (Å²) in [6.45, 7) is 1.86. The highest BCUT2D eigenvalue weighted by Crippen LogP contribution is 2.35. The average molecular weight is 727 g/mol. The van der Waals surface area contributed by atoms with Crippen LogP contribution in [0.2, 0.25) is 0 Å². The van der Waals surface area contributed by atoms with Crippen LogP contribution in [0.25, 0.3) is 33.8 Å². The maximum atomic E-state index is 6.51. The Kier molecular flexibility index (Phi) is 11.7. The topological polar surface area (TPSA) is 168 Å². The van der Waals surface area contributed by atoms with Gasteiger partial charge in [0.15, 0.2) is 19.6 Å². The molecule has 0 amide bonds. The van der Waals surface area contributed by atoms with Crippen molar-refractivity contribution in [2.45, 2.75) is 77.4 Å². The zero-order valence-corrected chi connectivity index (χ0v) is 30.5. The SMILES string of the molecule is Nc1on[n+](CCCCc2ccccc2)c1-c1cc(-c2c(N)on[n+]2CCCCc2ccccc2)cc(-c2c(N)on[n+]2CCCCc2ccccc2)c1. The average Bonchev–Trinajstić information content (AvgIpc) is 3.89. The van der Waals surface area contributed by atoms with Crippen LogP contribution in [0, 0.1) is 0 Å². The standard InChI is InChI=1S/C42H48N9O3/c43-40-37(49(46-52-40)25-13-10-22-31-16-4-1-5-17-31)34-28-35(38-41(44)53-47-50(38)26-14-11-23-32-18-6-2-7-19-32)30-36(29-34)39-42(45)54-48-51(39)27-15-12-24-33-20-8-3-9-21-33/h1-9,16-21,28-30H,10-15,22-27,43-45H2/q+3. The van der Waals surface area contributed by atoms with E-state index in [4.69, 9.17) is 30.8 Å². The van der Waals surface area contributed by atoms with Gasteiger partial charge in [0.05, 0.1) is 16.7 Å². The minimum absolute atomic E-state index is 0.209. The summed E-state index contributed by atoms with van der Waals surface area (Å²) in [6.07, 6.45) is 8.52. The lowest BCUT2D eigenvalue weighted by molar-refractivity contribution is -0.753. The van der Waals surface area contributed by atoms with E-state index in [2.05, 4.69) is 88.6 Å². The molecule has 6 N–H and O–H groups in total. The number of benzene rings is 4. The number of nitrogen functional groups attached to an aromatic ring is 3. The molecule has 0 radical (unpaired) electrons. The van der Waals surface area contributed by atoms with E-state index in [1.54, 1.807) is 0 Å². The lowest BCUT2D eigenvalue weighted by atomic mass is 9.99. The first-order chi connectivity index (χ1) is 26.5. The summed E-state index contributed by atoms with van der Waals surface area (Å²) in [5, 5.41) is 13.0. The van der Waals surface area contributed by atoms with Crippen molar-refractivity contribution < 1.29 is 27.6 Å². The summed E-state index contributed by atoms with van der Waals surface area (Å²) >= 11 is 0. The Bertz CT molecular complexity index is 1970. The van der Waals surface area contributed by atoms with Crippen LogP contribution < -0.4 is 31.2 Å². The van der Waals surface area contributed by atoms with Gasteiger partial charge in [-0.05, 0) is 87.5 Å². The summed E-state index contributed by atoms with van der Waals surface area (Å²) in [5.74, 6) is 0.626. The molecule has 0 aliphatic rings. The molecule has 7 aromatic rings. The van der Waals surface area contributed by atoms with Gasteiger partial charge in [-0.15, -0.1) is 0 Å². The van der Waals surface area contributed by atoms with Crippen LogP contribution in [0.4, 0.5) is 17.7 Å². The van der Waals surface area contributed by atoms with E-state index in [0.29, 0.717) is 36.7 Å². The monoisotopic (exact) mass is 726 g/mol. The number of aromatic nitrogens is 6. The third kappa shape index (κ3) is 8.83. The molecule has 0 unspecified atom stereocenters. The fourth-order valence-electron chi connectivity index (χ4n) is 6.99. The Morgan fingerprint density at radius 2 is 0.667 bits per heavy atom. The van der Waals surface area contributed by atoms with Crippen LogP contribution in [0.5, 0.6) is 0 Å². The third-order valence-corrected chi connectivity index (χ3v) is 9.73. The van der Waals surface area contributed by atoms with Crippen molar-refractivity contribution in [2.24, 2.45) is 0 Å². The molecular weight excluding hydrogens is 679 g/mol. The lowest BCUT2D eigenvalue weighted by Crippen LogP contribution is -2.39. The molecule has 3 heterocycles. The van der Waals surface area contributed by atoms with Crippen molar-refractivity contribution >= 4 is 17.7 Å². The summed E-state index contributed by atoms with van der Waals surface area (Å²) in [4.78, 5) is 0. The van der Waals surface area contributed by atoms with Crippen molar-refractivity contribution in [1.29, 1.82) is 0 Å². The molecule has 54 heavy (non-hydrogen) atoms. The van der Waals surface area contributed by atoms with E-state index >= 15 is 0 Å². The smallest absolute Gasteiger partial charge is 0.304 e. The van der Waals surface area contributed by atoms with Crippen molar-refractivity contribution in [3.8, 4) is 33.8 Å². The summed E-state index contributed by atoms with van der Waals surface area (Å²) in [6, 6.07) is 37.5. The molecule has 0 aliphatic carbocycles. The minimum atomic E-state index is 0.209. The Labute approximate surface area is 314 Å². The fraction of sp³-hybridized carbons (Fsp3) is 0.286. The van der Waals surface area contributed by atoms with E-state index in [1.165, 1.54) is 16.7 Å². The Balaban J connectivity index is 1.18. The van der Waals surface area contributed by atoms with Crippen LogP contribution in [-0.4, -0.2) is 15.8 Å². The van der Waals surface area contributed by atoms with Crippen molar-refractivity contribution in [2.75, 3.05) is 17.2 Å². The van der Waals surface area contributed by atoms with Gasteiger partial charge in [-0.2, -0.15) is 0 Å². The second-order valence-electron chi connectivity index (χ2n) is 13.7. The van der Waals surface area contributed by atoms with E-state index in [0.717, 1.165) is 74.5 Å². The lowest BCUT2D eigenvalue weighted by Gasteiger charge is -2.05. The zero-order valence-electron chi connectivity index (χ0n) is 30.5. The van der Waals surface area contributed by atoms with Crippen LogP contribution in [0.3, 0.4) is 0 Å². The van der Waals surface area contributed by atoms with Gasteiger partial charge >= 0.3 is 34.7 Å². The maximum Gasteiger partial charge on any atom is 0.304 e. The van der Waals surface area contributed by atoms with Crippen LogP contribution in [-0.2, 0) is 38.9 Å². The number of aryl methyl sites for hydroxylation is 6. The molecule has 0 saturated carbocycles. The molecule has 0 spiro atoms. The first kappa shape index (κ1) is 36.1. The van der Waals surface area contributed by atoms with E-state index < -0.39 is 0 Å².